The molecule has 0 radical (unpaired) electrons. The molecule has 154 valence electrons. The molecular weight excluding hydrogens is 384 g/mol. The molecule has 6 nitrogen and oxygen atoms in total. The SMILES string of the molecule is CC(C)OC(=O)[C@@H]1C(=O)C[C@](C)(O)[C@H](C(=O)OC(C)C)[C@@H]1c1ccc(Cl)cc1. The molecule has 0 aliphatic heterocycles. The monoisotopic (exact) mass is 410 g/mol. The van der Waals surface area contributed by atoms with Gasteiger partial charge in [0.1, 0.15) is 5.92 Å². The smallest absolute Gasteiger partial charge is 0.317 e. The molecule has 0 amide bonds. The molecule has 1 saturated carbocycles. The minimum absolute atomic E-state index is 0.340. The van der Waals surface area contributed by atoms with E-state index in [9.17, 15) is 19.5 Å². The summed E-state index contributed by atoms with van der Waals surface area (Å²) in [7, 11) is 0. The maximum atomic E-state index is 12.9. The van der Waals surface area contributed by atoms with E-state index in [1.165, 1.54) is 6.92 Å². The van der Waals surface area contributed by atoms with Crippen molar-refractivity contribution in [3.63, 3.8) is 0 Å². The Morgan fingerprint density at radius 1 is 1.07 bits per heavy atom. The Kier molecular flexibility index (Phi) is 6.88. The maximum Gasteiger partial charge on any atom is 0.317 e. The van der Waals surface area contributed by atoms with Gasteiger partial charge < -0.3 is 14.6 Å². The van der Waals surface area contributed by atoms with Crippen LogP contribution in [0, 0.1) is 11.8 Å². The second-order valence-corrected chi connectivity index (χ2v) is 8.44. The standard InChI is InChI=1S/C21H27ClO6/c1-11(2)27-19(24)17-15(23)10-21(5,26)18(20(25)28-12(3)4)16(17)13-6-8-14(22)9-7-13/h6-9,11-12,16-18,26H,10H2,1-5H3/t16-,17-,18+,21+/m1/s1. The number of Topliss-reactive ketones (excluding diaryl/α,β-unsaturated/α-hetero) is 1. The number of carbonyl (C=O) groups excluding carboxylic acids is 3. The van der Waals surface area contributed by atoms with Crippen molar-refractivity contribution in [3.8, 4) is 0 Å². The van der Waals surface area contributed by atoms with Gasteiger partial charge in [-0.15, -0.1) is 0 Å². The van der Waals surface area contributed by atoms with Gasteiger partial charge in [0.2, 0.25) is 0 Å². The highest BCUT2D eigenvalue weighted by atomic mass is 35.5. The predicted octanol–water partition coefficient (Wildman–Crippen LogP) is 3.28. The first kappa shape index (κ1) is 22.4. The van der Waals surface area contributed by atoms with Gasteiger partial charge in [0.05, 0.1) is 23.7 Å². The van der Waals surface area contributed by atoms with E-state index in [0.29, 0.717) is 10.6 Å². The molecule has 0 spiro atoms. The minimum atomic E-state index is -1.66. The Bertz CT molecular complexity index is 730. The summed E-state index contributed by atoms with van der Waals surface area (Å²) >= 11 is 5.97. The maximum absolute atomic E-state index is 12.9. The third-order valence-corrected chi connectivity index (χ3v) is 4.99. The highest BCUT2D eigenvalue weighted by molar-refractivity contribution is 6.30. The molecule has 1 N–H and O–H groups in total. The Labute approximate surface area is 170 Å². The zero-order valence-electron chi connectivity index (χ0n) is 16.8. The van der Waals surface area contributed by atoms with Gasteiger partial charge in [-0.2, -0.15) is 0 Å². The van der Waals surface area contributed by atoms with Crippen molar-refractivity contribution in [1.29, 1.82) is 0 Å². The molecule has 7 heteroatoms. The van der Waals surface area contributed by atoms with E-state index in [2.05, 4.69) is 0 Å². The number of aliphatic hydroxyl groups is 1. The number of esters is 2. The lowest BCUT2D eigenvalue weighted by molar-refractivity contribution is -0.176. The number of benzene rings is 1. The van der Waals surface area contributed by atoms with Gasteiger partial charge >= 0.3 is 11.9 Å². The van der Waals surface area contributed by atoms with E-state index < -0.39 is 53.3 Å². The van der Waals surface area contributed by atoms with Crippen LogP contribution in [0.1, 0.15) is 52.5 Å². The number of rotatable bonds is 5. The van der Waals surface area contributed by atoms with Crippen molar-refractivity contribution >= 4 is 29.3 Å². The summed E-state index contributed by atoms with van der Waals surface area (Å²) in [6.07, 6.45) is -1.17. The van der Waals surface area contributed by atoms with Crippen LogP contribution in [0.15, 0.2) is 24.3 Å². The third kappa shape index (κ3) is 4.92. The first-order valence-electron chi connectivity index (χ1n) is 9.35. The largest absolute Gasteiger partial charge is 0.463 e. The lowest BCUT2D eigenvalue weighted by Gasteiger charge is -2.44. The number of hydrogen-bond acceptors (Lipinski definition) is 6. The van der Waals surface area contributed by atoms with E-state index in [1.807, 2.05) is 0 Å². The molecular formula is C21H27ClO6. The molecule has 0 unspecified atom stereocenters. The highest BCUT2D eigenvalue weighted by Gasteiger charge is 2.57. The number of hydrogen-bond donors (Lipinski definition) is 1. The van der Waals surface area contributed by atoms with Crippen molar-refractivity contribution in [2.45, 2.75) is 64.8 Å². The van der Waals surface area contributed by atoms with Gasteiger partial charge in [-0.1, -0.05) is 23.7 Å². The van der Waals surface area contributed by atoms with Crippen LogP contribution in [0.5, 0.6) is 0 Å². The third-order valence-electron chi connectivity index (χ3n) is 4.73. The molecule has 2 rings (SSSR count). The lowest BCUT2D eigenvalue weighted by Crippen LogP contribution is -2.55. The first-order chi connectivity index (χ1) is 12.9. The molecule has 0 saturated heterocycles. The summed E-state index contributed by atoms with van der Waals surface area (Å²) in [6, 6.07) is 6.51. The fourth-order valence-electron chi connectivity index (χ4n) is 3.71. The number of carbonyl (C=O) groups is 3. The Balaban J connectivity index is 2.59. The van der Waals surface area contributed by atoms with Crippen LogP contribution < -0.4 is 0 Å². The fourth-order valence-corrected chi connectivity index (χ4v) is 3.84. The molecule has 0 bridgehead atoms. The Hall–Kier alpha value is -1.92. The average molecular weight is 411 g/mol. The summed E-state index contributed by atoms with van der Waals surface area (Å²) in [5.74, 6) is -5.09. The number of ketones is 1. The van der Waals surface area contributed by atoms with Crippen LogP contribution >= 0.6 is 11.6 Å². The molecule has 1 aromatic rings. The van der Waals surface area contributed by atoms with Gasteiger partial charge in [0, 0.05) is 17.4 Å². The number of halogens is 1. The van der Waals surface area contributed by atoms with Gasteiger partial charge in [-0.25, -0.2) is 0 Å². The van der Waals surface area contributed by atoms with Gasteiger partial charge in [0.25, 0.3) is 0 Å². The topological polar surface area (TPSA) is 89.9 Å². The second-order valence-electron chi connectivity index (χ2n) is 8.00. The zero-order chi connectivity index (χ0) is 21.2. The molecule has 0 aromatic heterocycles. The quantitative estimate of drug-likeness (QED) is 0.591. The predicted molar refractivity (Wildman–Crippen MR) is 104 cm³/mol. The fraction of sp³-hybridized carbons (Fsp3) is 0.571. The van der Waals surface area contributed by atoms with E-state index >= 15 is 0 Å². The summed E-state index contributed by atoms with van der Waals surface area (Å²) in [5.41, 5.74) is -1.13. The second kappa shape index (κ2) is 8.62. The molecule has 1 aliphatic carbocycles. The molecule has 1 aliphatic rings. The molecule has 1 aromatic carbocycles. The van der Waals surface area contributed by atoms with Crippen LogP contribution in [-0.2, 0) is 23.9 Å². The van der Waals surface area contributed by atoms with Crippen LogP contribution in [0.4, 0.5) is 0 Å². The Morgan fingerprint density at radius 3 is 2.07 bits per heavy atom. The van der Waals surface area contributed by atoms with E-state index in [0.717, 1.165) is 0 Å². The lowest BCUT2D eigenvalue weighted by atomic mass is 9.61. The van der Waals surface area contributed by atoms with Crippen LogP contribution in [0.25, 0.3) is 0 Å². The Morgan fingerprint density at radius 2 is 1.57 bits per heavy atom. The van der Waals surface area contributed by atoms with E-state index in [-0.39, 0.29) is 6.42 Å². The molecule has 0 heterocycles. The summed E-state index contributed by atoms with van der Waals surface area (Å²) in [4.78, 5) is 38.5. The van der Waals surface area contributed by atoms with Gasteiger partial charge in [-0.3, -0.25) is 14.4 Å². The van der Waals surface area contributed by atoms with E-state index in [1.54, 1.807) is 52.0 Å². The molecule has 4 atom stereocenters. The molecule has 1 fully saturated rings. The minimum Gasteiger partial charge on any atom is -0.463 e. The van der Waals surface area contributed by atoms with Crippen molar-refractivity contribution in [2.75, 3.05) is 0 Å². The molecule has 28 heavy (non-hydrogen) atoms. The van der Waals surface area contributed by atoms with Crippen LogP contribution in [0.2, 0.25) is 5.02 Å². The van der Waals surface area contributed by atoms with Crippen molar-refractivity contribution in [1.82, 2.24) is 0 Å². The average Bonchev–Trinajstić information content (AvgIpc) is 2.52. The van der Waals surface area contributed by atoms with Crippen molar-refractivity contribution in [3.05, 3.63) is 34.9 Å². The van der Waals surface area contributed by atoms with Crippen LogP contribution in [0.3, 0.4) is 0 Å². The van der Waals surface area contributed by atoms with Crippen molar-refractivity contribution < 1.29 is 29.0 Å². The van der Waals surface area contributed by atoms with Gasteiger partial charge in [0.15, 0.2) is 5.78 Å². The van der Waals surface area contributed by atoms with Crippen molar-refractivity contribution in [2.24, 2.45) is 11.8 Å². The summed E-state index contributed by atoms with van der Waals surface area (Å²) in [6.45, 7) is 8.18. The van der Waals surface area contributed by atoms with Crippen LogP contribution in [-0.4, -0.2) is 40.6 Å². The summed E-state index contributed by atoms with van der Waals surface area (Å²) in [5, 5.41) is 11.4. The van der Waals surface area contributed by atoms with E-state index in [4.69, 9.17) is 21.1 Å². The normalized spacial score (nSPS) is 27.8. The van der Waals surface area contributed by atoms with Gasteiger partial charge in [-0.05, 0) is 52.3 Å². The summed E-state index contributed by atoms with van der Waals surface area (Å²) < 4.78 is 10.7. The zero-order valence-corrected chi connectivity index (χ0v) is 17.5. The number of ether oxygens (including phenoxy) is 2. The highest BCUT2D eigenvalue weighted by Crippen LogP contribution is 2.47. The first-order valence-corrected chi connectivity index (χ1v) is 9.73.